The van der Waals surface area contributed by atoms with Crippen LogP contribution in [0, 0.1) is 11.8 Å². The number of aliphatic imine (C=N–C) groups is 1. The molecule has 4 nitrogen and oxygen atoms in total. The standard InChI is InChI=1S/C21H33NO3S/c1-5-24-20(23)22-21(26-16-19-12-7-6-8-13-19)25-15-14-18(4)11-9-10-17(2)3/h6-8,12-13,17-18H,5,9-11,14-16H2,1-4H3/b22-21+. The lowest BCUT2D eigenvalue weighted by Gasteiger charge is -2.14. The van der Waals surface area contributed by atoms with Crippen LogP contribution in [0.1, 0.15) is 58.9 Å². The van der Waals surface area contributed by atoms with E-state index in [0.717, 1.165) is 12.3 Å². The third-order valence-corrected chi connectivity index (χ3v) is 4.90. The van der Waals surface area contributed by atoms with Gasteiger partial charge >= 0.3 is 6.09 Å². The highest BCUT2D eigenvalue weighted by atomic mass is 32.2. The summed E-state index contributed by atoms with van der Waals surface area (Å²) in [6, 6.07) is 10.1. The summed E-state index contributed by atoms with van der Waals surface area (Å²) in [5.74, 6) is 2.08. The summed E-state index contributed by atoms with van der Waals surface area (Å²) in [4.78, 5) is 15.6. The van der Waals surface area contributed by atoms with E-state index in [9.17, 15) is 4.79 Å². The third-order valence-electron chi connectivity index (χ3n) is 3.97. The molecule has 1 aromatic carbocycles. The Morgan fingerprint density at radius 2 is 1.81 bits per heavy atom. The Bertz CT molecular complexity index is 531. The zero-order valence-electron chi connectivity index (χ0n) is 16.6. The molecule has 146 valence electrons. The quantitative estimate of drug-likeness (QED) is 0.353. The van der Waals surface area contributed by atoms with Crippen molar-refractivity contribution in [2.75, 3.05) is 13.2 Å². The number of hydrogen-bond acceptors (Lipinski definition) is 4. The molecule has 0 aliphatic heterocycles. The van der Waals surface area contributed by atoms with Crippen molar-refractivity contribution in [3.8, 4) is 0 Å². The monoisotopic (exact) mass is 379 g/mol. The van der Waals surface area contributed by atoms with Crippen LogP contribution in [0.5, 0.6) is 0 Å². The Morgan fingerprint density at radius 1 is 1.08 bits per heavy atom. The lowest BCUT2D eigenvalue weighted by Crippen LogP contribution is -2.10. The fourth-order valence-corrected chi connectivity index (χ4v) is 3.21. The highest BCUT2D eigenvalue weighted by Crippen LogP contribution is 2.18. The molecule has 0 bridgehead atoms. The number of benzene rings is 1. The van der Waals surface area contributed by atoms with Crippen LogP contribution in [0.4, 0.5) is 4.79 Å². The Balaban J connectivity index is 2.45. The van der Waals surface area contributed by atoms with Gasteiger partial charge in [0, 0.05) is 5.75 Å². The van der Waals surface area contributed by atoms with Crippen LogP contribution in [0.2, 0.25) is 0 Å². The van der Waals surface area contributed by atoms with Gasteiger partial charge in [-0.05, 0) is 30.7 Å². The predicted molar refractivity (Wildman–Crippen MR) is 111 cm³/mol. The highest BCUT2D eigenvalue weighted by Gasteiger charge is 2.10. The number of amides is 1. The van der Waals surface area contributed by atoms with E-state index in [2.05, 4.69) is 25.8 Å². The minimum absolute atomic E-state index is 0.311. The first kappa shape index (κ1) is 22.6. The van der Waals surface area contributed by atoms with Crippen LogP contribution in [0.3, 0.4) is 0 Å². The third kappa shape index (κ3) is 11.2. The van der Waals surface area contributed by atoms with Crippen molar-refractivity contribution >= 4 is 23.1 Å². The van der Waals surface area contributed by atoms with E-state index in [1.807, 2.05) is 30.3 Å². The molecule has 5 heteroatoms. The summed E-state index contributed by atoms with van der Waals surface area (Å²) in [6.07, 6.45) is 4.11. The van der Waals surface area contributed by atoms with Gasteiger partial charge in [-0.3, -0.25) is 0 Å². The molecular weight excluding hydrogens is 346 g/mol. The van der Waals surface area contributed by atoms with Crippen LogP contribution in [0.15, 0.2) is 35.3 Å². The maximum Gasteiger partial charge on any atom is 0.437 e. The maximum absolute atomic E-state index is 11.7. The Hall–Kier alpha value is -1.49. The molecule has 0 heterocycles. The number of thioether (sulfide) groups is 1. The van der Waals surface area contributed by atoms with Gasteiger partial charge < -0.3 is 9.47 Å². The first-order chi connectivity index (χ1) is 12.5. The van der Waals surface area contributed by atoms with Crippen molar-refractivity contribution in [1.82, 2.24) is 0 Å². The molecule has 1 aromatic rings. The Labute approximate surface area is 162 Å². The van der Waals surface area contributed by atoms with Crippen LogP contribution >= 0.6 is 11.8 Å². The fraction of sp³-hybridized carbons (Fsp3) is 0.619. The number of carbonyl (C=O) groups excluding carboxylic acids is 1. The molecular formula is C21H33NO3S. The minimum atomic E-state index is -0.590. The minimum Gasteiger partial charge on any atom is -0.473 e. The molecule has 0 saturated carbocycles. The number of nitrogens with zero attached hydrogens (tertiary/aromatic N) is 1. The summed E-state index contributed by atoms with van der Waals surface area (Å²) >= 11 is 1.43. The number of rotatable bonds is 10. The first-order valence-electron chi connectivity index (χ1n) is 9.56. The van der Waals surface area contributed by atoms with Crippen LogP contribution in [-0.4, -0.2) is 24.5 Å². The van der Waals surface area contributed by atoms with Crippen molar-refractivity contribution in [3.05, 3.63) is 35.9 Å². The number of ether oxygens (including phenoxy) is 2. The van der Waals surface area contributed by atoms with Gasteiger partial charge in [0.2, 0.25) is 0 Å². The average molecular weight is 380 g/mol. The van der Waals surface area contributed by atoms with E-state index in [0.29, 0.717) is 30.1 Å². The van der Waals surface area contributed by atoms with Gasteiger partial charge in [-0.15, -0.1) is 4.99 Å². The molecule has 0 radical (unpaired) electrons. The second-order valence-electron chi connectivity index (χ2n) is 6.92. The SMILES string of the molecule is CCOC(=O)/N=C(\OCCC(C)CCCC(C)C)SCc1ccccc1. The van der Waals surface area contributed by atoms with Crippen molar-refractivity contribution in [2.24, 2.45) is 16.8 Å². The summed E-state index contributed by atoms with van der Waals surface area (Å²) in [5.41, 5.74) is 1.17. The van der Waals surface area contributed by atoms with E-state index in [-0.39, 0.29) is 0 Å². The van der Waals surface area contributed by atoms with E-state index >= 15 is 0 Å². The van der Waals surface area contributed by atoms with Crippen molar-refractivity contribution in [3.63, 3.8) is 0 Å². The smallest absolute Gasteiger partial charge is 0.437 e. The molecule has 1 amide bonds. The van der Waals surface area contributed by atoms with Gasteiger partial charge in [-0.1, -0.05) is 82.1 Å². The van der Waals surface area contributed by atoms with E-state index in [4.69, 9.17) is 9.47 Å². The molecule has 1 atom stereocenters. The predicted octanol–water partition coefficient (Wildman–Crippen LogP) is 6.30. The molecule has 0 fully saturated rings. The van der Waals surface area contributed by atoms with E-state index in [1.54, 1.807) is 6.92 Å². The van der Waals surface area contributed by atoms with Crippen LogP contribution in [0.25, 0.3) is 0 Å². The lowest BCUT2D eigenvalue weighted by molar-refractivity contribution is 0.162. The molecule has 0 aliphatic rings. The Morgan fingerprint density at radius 3 is 2.46 bits per heavy atom. The molecule has 0 spiro atoms. The Kier molecular flexibility index (Phi) is 11.9. The van der Waals surface area contributed by atoms with E-state index in [1.165, 1.54) is 36.6 Å². The fourth-order valence-electron chi connectivity index (χ4n) is 2.42. The number of carbonyl (C=O) groups is 1. The van der Waals surface area contributed by atoms with Gasteiger partial charge in [0.25, 0.3) is 5.23 Å². The lowest BCUT2D eigenvalue weighted by atomic mass is 9.98. The van der Waals surface area contributed by atoms with Crippen LogP contribution < -0.4 is 0 Å². The molecule has 0 aliphatic carbocycles. The zero-order chi connectivity index (χ0) is 19.2. The van der Waals surface area contributed by atoms with E-state index < -0.39 is 6.09 Å². The maximum atomic E-state index is 11.7. The van der Waals surface area contributed by atoms with Gasteiger partial charge in [0.05, 0.1) is 13.2 Å². The summed E-state index contributed by atoms with van der Waals surface area (Å²) < 4.78 is 10.7. The van der Waals surface area contributed by atoms with Gasteiger partial charge in [-0.2, -0.15) is 0 Å². The van der Waals surface area contributed by atoms with Crippen LogP contribution in [-0.2, 0) is 15.2 Å². The topological polar surface area (TPSA) is 47.9 Å². The number of hydrogen-bond donors (Lipinski definition) is 0. The highest BCUT2D eigenvalue weighted by molar-refractivity contribution is 8.12. The molecule has 1 rings (SSSR count). The van der Waals surface area contributed by atoms with Gasteiger partial charge in [0.15, 0.2) is 0 Å². The van der Waals surface area contributed by atoms with Gasteiger partial charge in [0.1, 0.15) is 0 Å². The first-order valence-corrected chi connectivity index (χ1v) is 10.5. The van der Waals surface area contributed by atoms with Crippen molar-refractivity contribution in [1.29, 1.82) is 0 Å². The molecule has 26 heavy (non-hydrogen) atoms. The summed E-state index contributed by atoms with van der Waals surface area (Å²) in [6.45, 7) is 9.42. The normalized spacial score (nSPS) is 12.9. The second kappa shape index (κ2) is 13.7. The molecule has 0 aromatic heterocycles. The molecule has 0 saturated heterocycles. The molecule has 0 N–H and O–H groups in total. The van der Waals surface area contributed by atoms with Crippen molar-refractivity contribution < 1.29 is 14.3 Å². The van der Waals surface area contributed by atoms with Gasteiger partial charge in [-0.25, -0.2) is 4.79 Å². The average Bonchev–Trinajstić information content (AvgIpc) is 2.60. The van der Waals surface area contributed by atoms with Crippen molar-refractivity contribution in [2.45, 2.75) is 59.1 Å². The summed E-state index contributed by atoms with van der Waals surface area (Å²) in [7, 11) is 0. The molecule has 1 unspecified atom stereocenters. The zero-order valence-corrected chi connectivity index (χ0v) is 17.4. The largest absolute Gasteiger partial charge is 0.473 e. The second-order valence-corrected chi connectivity index (χ2v) is 7.84. The summed E-state index contributed by atoms with van der Waals surface area (Å²) in [5, 5.41) is 0.390.